The summed E-state index contributed by atoms with van der Waals surface area (Å²) in [4.78, 5) is 27.5. The lowest BCUT2D eigenvalue weighted by molar-refractivity contribution is -0.149. The van der Waals surface area contributed by atoms with E-state index in [2.05, 4.69) is 6.07 Å². The highest BCUT2D eigenvalue weighted by atomic mass is 35.5. The van der Waals surface area contributed by atoms with Gasteiger partial charge in [-0.05, 0) is 40.8 Å². The predicted octanol–water partition coefficient (Wildman–Crippen LogP) is 5.10. The standard InChI is InChI=1S/C30H29ClN4O3/c1-20-15-23(12-11-22-9-6-10-25(26(22)17-32)21-7-4-3-5-8-21)27(31)16-24(20)18-34-13-14-35(30(33)37)19-28(34)29(36)38-2/h3-12,15-16,28H,13-14,18-19H2,1-2H3,(H2,33,37)/b12-11+/t28-/m0/s1. The molecule has 1 aliphatic rings. The Labute approximate surface area is 227 Å². The van der Waals surface area contributed by atoms with Crippen LogP contribution in [0.15, 0.2) is 60.7 Å². The number of hydrogen-bond acceptors (Lipinski definition) is 5. The molecule has 4 rings (SSSR count). The molecule has 1 aliphatic heterocycles. The molecule has 194 valence electrons. The molecule has 1 atom stereocenters. The van der Waals surface area contributed by atoms with Crippen molar-refractivity contribution in [3.63, 3.8) is 0 Å². The fraction of sp³-hybridized carbons (Fsp3) is 0.233. The van der Waals surface area contributed by atoms with Crippen molar-refractivity contribution in [3.05, 3.63) is 93.5 Å². The summed E-state index contributed by atoms with van der Waals surface area (Å²) >= 11 is 6.68. The third-order valence-electron chi connectivity index (χ3n) is 6.84. The molecule has 0 spiro atoms. The van der Waals surface area contributed by atoms with Crippen LogP contribution >= 0.6 is 11.6 Å². The molecule has 1 fully saturated rings. The lowest BCUT2D eigenvalue weighted by Crippen LogP contribution is -2.58. The maximum atomic E-state index is 12.4. The first kappa shape index (κ1) is 26.9. The molecule has 0 bridgehead atoms. The van der Waals surface area contributed by atoms with E-state index in [9.17, 15) is 14.9 Å². The number of methoxy groups -OCH3 is 1. The van der Waals surface area contributed by atoms with E-state index in [0.717, 1.165) is 33.4 Å². The molecule has 0 saturated carbocycles. The largest absolute Gasteiger partial charge is 0.468 e. The molecular weight excluding hydrogens is 500 g/mol. The van der Waals surface area contributed by atoms with E-state index in [1.165, 1.54) is 12.0 Å². The minimum atomic E-state index is -0.611. The number of carbonyl (C=O) groups is 2. The number of aryl methyl sites for hydroxylation is 1. The maximum absolute atomic E-state index is 12.4. The van der Waals surface area contributed by atoms with Crippen LogP contribution in [0.5, 0.6) is 0 Å². The number of halogens is 1. The minimum Gasteiger partial charge on any atom is -0.468 e. The molecule has 2 N–H and O–H groups in total. The molecule has 3 aromatic rings. The number of piperazine rings is 1. The number of nitrogens with zero attached hydrogens (tertiary/aromatic N) is 3. The van der Waals surface area contributed by atoms with Crippen molar-refractivity contribution in [2.45, 2.75) is 19.5 Å². The molecule has 1 heterocycles. The summed E-state index contributed by atoms with van der Waals surface area (Å²) in [5.41, 5.74) is 11.5. The molecule has 0 unspecified atom stereocenters. The second kappa shape index (κ2) is 12.0. The highest BCUT2D eigenvalue weighted by Crippen LogP contribution is 2.29. The monoisotopic (exact) mass is 528 g/mol. The van der Waals surface area contributed by atoms with Gasteiger partial charge >= 0.3 is 12.0 Å². The van der Waals surface area contributed by atoms with Crippen LogP contribution in [0.25, 0.3) is 23.3 Å². The second-order valence-corrected chi connectivity index (χ2v) is 9.58. The van der Waals surface area contributed by atoms with Crippen LogP contribution in [0.3, 0.4) is 0 Å². The fourth-order valence-corrected chi connectivity index (χ4v) is 4.95. The first-order valence-electron chi connectivity index (χ1n) is 12.2. The Morgan fingerprint density at radius 2 is 1.84 bits per heavy atom. The zero-order valence-electron chi connectivity index (χ0n) is 21.4. The molecular formula is C30H29ClN4O3. The van der Waals surface area contributed by atoms with Gasteiger partial charge in [0.2, 0.25) is 0 Å². The van der Waals surface area contributed by atoms with E-state index in [1.807, 2.05) is 84.6 Å². The number of amides is 2. The topological polar surface area (TPSA) is 99.7 Å². The van der Waals surface area contributed by atoms with Crippen LogP contribution in [-0.4, -0.2) is 54.6 Å². The van der Waals surface area contributed by atoms with Crippen molar-refractivity contribution in [2.75, 3.05) is 26.7 Å². The Morgan fingerprint density at radius 1 is 1.11 bits per heavy atom. The van der Waals surface area contributed by atoms with Crippen LogP contribution in [0.2, 0.25) is 5.02 Å². The second-order valence-electron chi connectivity index (χ2n) is 9.17. The minimum absolute atomic E-state index is 0.179. The summed E-state index contributed by atoms with van der Waals surface area (Å²) < 4.78 is 4.97. The Hall–Kier alpha value is -4.12. The molecule has 38 heavy (non-hydrogen) atoms. The number of urea groups is 1. The van der Waals surface area contributed by atoms with Crippen LogP contribution < -0.4 is 5.73 Å². The van der Waals surface area contributed by atoms with Gasteiger partial charge in [-0.25, -0.2) is 4.79 Å². The van der Waals surface area contributed by atoms with Crippen molar-refractivity contribution in [3.8, 4) is 17.2 Å². The van der Waals surface area contributed by atoms with E-state index >= 15 is 0 Å². The van der Waals surface area contributed by atoms with Gasteiger partial charge < -0.3 is 15.4 Å². The number of carbonyl (C=O) groups excluding carboxylic acids is 2. The molecule has 3 aromatic carbocycles. The van der Waals surface area contributed by atoms with Crippen molar-refractivity contribution in [1.29, 1.82) is 5.26 Å². The molecule has 0 aliphatic carbocycles. The summed E-state index contributed by atoms with van der Waals surface area (Å²) in [7, 11) is 1.33. The molecule has 8 heteroatoms. The number of nitriles is 1. The zero-order valence-corrected chi connectivity index (χ0v) is 22.1. The van der Waals surface area contributed by atoms with E-state index in [-0.39, 0.29) is 6.54 Å². The van der Waals surface area contributed by atoms with Gasteiger partial charge in [0.1, 0.15) is 12.1 Å². The Morgan fingerprint density at radius 3 is 2.53 bits per heavy atom. The van der Waals surface area contributed by atoms with Crippen molar-refractivity contribution in [2.24, 2.45) is 5.73 Å². The van der Waals surface area contributed by atoms with Crippen LogP contribution in [-0.2, 0) is 16.1 Å². The zero-order chi connectivity index (χ0) is 27.2. The van der Waals surface area contributed by atoms with Crippen molar-refractivity contribution < 1.29 is 14.3 Å². The number of esters is 1. The van der Waals surface area contributed by atoms with Gasteiger partial charge in [-0.15, -0.1) is 0 Å². The third kappa shape index (κ3) is 5.88. The van der Waals surface area contributed by atoms with Gasteiger partial charge in [-0.2, -0.15) is 5.26 Å². The smallest absolute Gasteiger partial charge is 0.324 e. The Kier molecular flexibility index (Phi) is 8.47. The number of ether oxygens (including phenoxy) is 1. The van der Waals surface area contributed by atoms with E-state index in [4.69, 9.17) is 22.1 Å². The summed E-state index contributed by atoms with van der Waals surface area (Å²) in [6.45, 7) is 3.56. The lowest BCUT2D eigenvalue weighted by Gasteiger charge is -2.39. The van der Waals surface area contributed by atoms with E-state index in [1.54, 1.807) is 0 Å². The Balaban J connectivity index is 1.57. The average molecular weight is 529 g/mol. The van der Waals surface area contributed by atoms with Crippen LogP contribution in [0.4, 0.5) is 4.79 Å². The normalized spacial score (nSPS) is 15.8. The number of benzene rings is 3. The van der Waals surface area contributed by atoms with Crippen LogP contribution in [0, 0.1) is 18.3 Å². The summed E-state index contributed by atoms with van der Waals surface area (Å²) in [5.74, 6) is -0.412. The molecule has 1 saturated heterocycles. The number of primary amides is 1. The predicted molar refractivity (Wildman–Crippen MR) is 149 cm³/mol. The SMILES string of the molecule is COC(=O)[C@@H]1CN(C(N)=O)CCN1Cc1cc(Cl)c(/C=C/c2cccc(-c3ccccc3)c2C#N)cc1C. The fourth-order valence-electron chi connectivity index (χ4n) is 4.70. The van der Waals surface area contributed by atoms with E-state index in [0.29, 0.717) is 30.2 Å². The summed E-state index contributed by atoms with van der Waals surface area (Å²) in [5, 5.41) is 10.5. The van der Waals surface area contributed by atoms with Gasteiger partial charge in [-0.3, -0.25) is 9.69 Å². The van der Waals surface area contributed by atoms with Gasteiger partial charge in [0.25, 0.3) is 0 Å². The summed E-state index contributed by atoms with van der Waals surface area (Å²) in [6.07, 6.45) is 3.81. The lowest BCUT2D eigenvalue weighted by atomic mass is 9.95. The van der Waals surface area contributed by atoms with Gasteiger partial charge in [0, 0.05) is 36.8 Å². The van der Waals surface area contributed by atoms with Crippen molar-refractivity contribution >= 4 is 35.8 Å². The van der Waals surface area contributed by atoms with Crippen molar-refractivity contribution in [1.82, 2.24) is 9.80 Å². The van der Waals surface area contributed by atoms with E-state index < -0.39 is 18.0 Å². The van der Waals surface area contributed by atoms with Gasteiger partial charge in [0.15, 0.2) is 0 Å². The summed E-state index contributed by atoms with van der Waals surface area (Å²) in [6, 6.07) is 20.7. The quantitative estimate of drug-likeness (QED) is 0.354. The first-order chi connectivity index (χ1) is 18.3. The van der Waals surface area contributed by atoms with Gasteiger partial charge in [-0.1, -0.05) is 78.4 Å². The third-order valence-corrected chi connectivity index (χ3v) is 7.17. The highest BCUT2D eigenvalue weighted by molar-refractivity contribution is 6.32. The van der Waals surface area contributed by atoms with Gasteiger partial charge in [0.05, 0.1) is 12.7 Å². The number of hydrogen-bond donors (Lipinski definition) is 1. The number of nitrogens with two attached hydrogens (primary N) is 1. The molecule has 2 amide bonds. The molecule has 7 nitrogen and oxygen atoms in total. The molecule has 0 aromatic heterocycles. The number of rotatable bonds is 6. The van der Waals surface area contributed by atoms with Crippen LogP contribution in [0.1, 0.15) is 27.8 Å². The maximum Gasteiger partial charge on any atom is 0.324 e. The average Bonchev–Trinajstić information content (AvgIpc) is 2.93. The highest BCUT2D eigenvalue weighted by Gasteiger charge is 2.34. The first-order valence-corrected chi connectivity index (χ1v) is 12.6. The molecule has 0 radical (unpaired) electrons. The Bertz CT molecular complexity index is 1410.